The van der Waals surface area contributed by atoms with Gasteiger partial charge in [-0.15, -0.1) is 0 Å². The summed E-state index contributed by atoms with van der Waals surface area (Å²) in [6, 6.07) is 7.12. The molecule has 1 unspecified atom stereocenters. The summed E-state index contributed by atoms with van der Waals surface area (Å²) in [7, 11) is 0. The average molecular weight is 266 g/mol. The molecular formula is C13H9ClFNO2. The molecule has 2 aromatic rings. The summed E-state index contributed by atoms with van der Waals surface area (Å²) < 4.78 is 13.1. The molecule has 0 radical (unpaired) electrons. The number of benzene rings is 1. The number of pyridine rings is 1. The molecule has 0 saturated carbocycles. The Hall–Kier alpha value is -1.94. The Morgan fingerprint density at radius 2 is 1.89 bits per heavy atom. The predicted octanol–water partition coefficient (Wildman–Crippen LogP) is 3.09. The number of carboxylic acids is 1. The third kappa shape index (κ3) is 2.49. The molecule has 1 heterocycles. The molecule has 0 fully saturated rings. The minimum atomic E-state index is -1.02. The van der Waals surface area contributed by atoms with Crippen molar-refractivity contribution in [2.45, 2.75) is 5.92 Å². The van der Waals surface area contributed by atoms with E-state index in [0.717, 1.165) is 6.07 Å². The minimum absolute atomic E-state index is 0.0900. The molecule has 0 aliphatic heterocycles. The first-order valence-electron chi connectivity index (χ1n) is 5.17. The fourth-order valence-electron chi connectivity index (χ4n) is 1.73. The number of carbonyl (C=O) groups is 1. The van der Waals surface area contributed by atoms with Gasteiger partial charge in [0.1, 0.15) is 11.7 Å². The van der Waals surface area contributed by atoms with E-state index in [-0.39, 0.29) is 5.02 Å². The molecule has 5 heteroatoms. The van der Waals surface area contributed by atoms with E-state index in [9.17, 15) is 14.3 Å². The quantitative estimate of drug-likeness (QED) is 0.928. The van der Waals surface area contributed by atoms with E-state index in [1.165, 1.54) is 24.5 Å². The maximum absolute atomic E-state index is 13.1. The summed E-state index contributed by atoms with van der Waals surface area (Å²) in [6.07, 6.45) is 3.02. The summed E-state index contributed by atoms with van der Waals surface area (Å²) in [5.74, 6) is -2.48. The van der Waals surface area contributed by atoms with Crippen LogP contribution in [0.1, 0.15) is 17.0 Å². The molecule has 92 valence electrons. The van der Waals surface area contributed by atoms with Crippen LogP contribution in [0.4, 0.5) is 4.39 Å². The summed E-state index contributed by atoms with van der Waals surface area (Å²) in [6.45, 7) is 0. The molecule has 18 heavy (non-hydrogen) atoms. The van der Waals surface area contributed by atoms with Crippen molar-refractivity contribution in [2.75, 3.05) is 0 Å². The van der Waals surface area contributed by atoms with Gasteiger partial charge in [0.25, 0.3) is 0 Å². The smallest absolute Gasteiger partial charge is 0.315 e. The van der Waals surface area contributed by atoms with Crippen LogP contribution in [-0.4, -0.2) is 16.1 Å². The highest BCUT2D eigenvalue weighted by Crippen LogP contribution is 2.27. The van der Waals surface area contributed by atoms with Gasteiger partial charge in [-0.2, -0.15) is 0 Å². The van der Waals surface area contributed by atoms with Crippen LogP contribution >= 0.6 is 11.6 Å². The lowest BCUT2D eigenvalue weighted by Crippen LogP contribution is -2.13. The average Bonchev–Trinajstić information content (AvgIpc) is 2.35. The van der Waals surface area contributed by atoms with E-state index in [4.69, 9.17) is 11.6 Å². The van der Waals surface area contributed by atoms with Crippen molar-refractivity contribution in [3.05, 3.63) is 64.7 Å². The lowest BCUT2D eigenvalue weighted by atomic mass is 9.92. The Kier molecular flexibility index (Phi) is 3.58. The van der Waals surface area contributed by atoms with Crippen molar-refractivity contribution < 1.29 is 14.3 Å². The number of aromatic nitrogens is 1. The lowest BCUT2D eigenvalue weighted by Gasteiger charge is -2.13. The molecule has 1 aromatic heterocycles. The van der Waals surface area contributed by atoms with Gasteiger partial charge < -0.3 is 5.11 Å². The van der Waals surface area contributed by atoms with Crippen molar-refractivity contribution in [3.8, 4) is 0 Å². The van der Waals surface area contributed by atoms with Gasteiger partial charge in [-0.25, -0.2) is 4.39 Å². The molecule has 3 nitrogen and oxygen atoms in total. The fourth-order valence-corrected chi connectivity index (χ4v) is 1.91. The predicted molar refractivity (Wildman–Crippen MR) is 65.1 cm³/mol. The normalized spacial score (nSPS) is 12.1. The maximum Gasteiger partial charge on any atom is 0.315 e. The third-order valence-corrected chi connectivity index (χ3v) is 2.85. The molecule has 0 spiro atoms. The van der Waals surface area contributed by atoms with Crippen molar-refractivity contribution in [2.24, 2.45) is 0 Å². The second-order valence-corrected chi connectivity index (χ2v) is 4.13. The summed E-state index contributed by atoms with van der Waals surface area (Å²) in [5.41, 5.74) is 1.00. The molecule has 0 aliphatic rings. The molecule has 0 saturated heterocycles. The van der Waals surface area contributed by atoms with E-state index in [1.807, 2.05) is 0 Å². The van der Waals surface area contributed by atoms with Crippen LogP contribution in [0.3, 0.4) is 0 Å². The third-order valence-electron chi connectivity index (χ3n) is 2.56. The molecule has 0 amide bonds. The van der Waals surface area contributed by atoms with Crippen LogP contribution in [0.2, 0.25) is 5.02 Å². The molecule has 1 atom stereocenters. The highest BCUT2D eigenvalue weighted by atomic mass is 35.5. The molecule has 0 aliphatic carbocycles. The summed E-state index contributed by atoms with van der Waals surface area (Å²) in [5, 5.41) is 9.19. The highest BCUT2D eigenvalue weighted by Gasteiger charge is 2.22. The number of halogens is 2. The van der Waals surface area contributed by atoms with Gasteiger partial charge in [0.15, 0.2) is 0 Å². The lowest BCUT2D eigenvalue weighted by molar-refractivity contribution is -0.137. The van der Waals surface area contributed by atoms with Crippen LogP contribution in [-0.2, 0) is 4.79 Å². The van der Waals surface area contributed by atoms with Gasteiger partial charge >= 0.3 is 5.97 Å². The van der Waals surface area contributed by atoms with Gasteiger partial charge in [-0.3, -0.25) is 9.78 Å². The molecule has 2 rings (SSSR count). The van der Waals surface area contributed by atoms with Crippen molar-refractivity contribution >= 4 is 17.6 Å². The Labute approximate surface area is 108 Å². The van der Waals surface area contributed by atoms with Gasteiger partial charge in [-0.05, 0) is 35.4 Å². The van der Waals surface area contributed by atoms with Crippen molar-refractivity contribution in [1.82, 2.24) is 4.98 Å². The maximum atomic E-state index is 13.1. The largest absolute Gasteiger partial charge is 0.481 e. The number of nitrogens with zero attached hydrogens (tertiary/aromatic N) is 1. The zero-order chi connectivity index (χ0) is 13.1. The first-order chi connectivity index (χ1) is 8.59. The first-order valence-corrected chi connectivity index (χ1v) is 5.55. The monoisotopic (exact) mass is 265 g/mol. The second kappa shape index (κ2) is 5.14. The van der Waals surface area contributed by atoms with E-state index in [1.54, 1.807) is 12.1 Å². The van der Waals surface area contributed by atoms with Gasteiger partial charge in [-0.1, -0.05) is 17.7 Å². The number of hydrogen-bond acceptors (Lipinski definition) is 2. The molecule has 1 aromatic carbocycles. The summed E-state index contributed by atoms with van der Waals surface area (Å²) in [4.78, 5) is 15.2. The van der Waals surface area contributed by atoms with Crippen LogP contribution in [0.15, 0.2) is 42.7 Å². The van der Waals surface area contributed by atoms with Crippen LogP contribution in [0.25, 0.3) is 0 Å². The van der Waals surface area contributed by atoms with Crippen LogP contribution in [0, 0.1) is 5.82 Å². The minimum Gasteiger partial charge on any atom is -0.481 e. The zero-order valence-electron chi connectivity index (χ0n) is 9.18. The summed E-state index contributed by atoms with van der Waals surface area (Å²) >= 11 is 5.67. The van der Waals surface area contributed by atoms with Crippen molar-refractivity contribution in [3.63, 3.8) is 0 Å². The molecular weight excluding hydrogens is 257 g/mol. The van der Waals surface area contributed by atoms with E-state index < -0.39 is 17.7 Å². The van der Waals surface area contributed by atoms with Gasteiger partial charge in [0.2, 0.25) is 0 Å². The van der Waals surface area contributed by atoms with Gasteiger partial charge in [0, 0.05) is 12.4 Å². The standard InChI is InChI=1S/C13H9ClFNO2/c14-10-7-9(1-2-11(10)15)12(13(17)18)8-3-5-16-6-4-8/h1-7,12H,(H,17,18). The SMILES string of the molecule is O=C(O)C(c1ccncc1)c1ccc(F)c(Cl)c1. The zero-order valence-corrected chi connectivity index (χ0v) is 9.93. The Balaban J connectivity index is 2.49. The number of aliphatic carboxylic acids is 1. The highest BCUT2D eigenvalue weighted by molar-refractivity contribution is 6.30. The Bertz CT molecular complexity index is 574. The van der Waals surface area contributed by atoms with Crippen LogP contribution < -0.4 is 0 Å². The number of hydrogen-bond donors (Lipinski definition) is 1. The first kappa shape index (κ1) is 12.5. The second-order valence-electron chi connectivity index (χ2n) is 3.73. The number of carboxylic acid groups (broad SMARTS) is 1. The van der Waals surface area contributed by atoms with E-state index in [0.29, 0.717) is 11.1 Å². The van der Waals surface area contributed by atoms with Gasteiger partial charge in [0.05, 0.1) is 5.02 Å². The Morgan fingerprint density at radius 1 is 1.22 bits per heavy atom. The fraction of sp³-hybridized carbons (Fsp3) is 0.0769. The Morgan fingerprint density at radius 3 is 2.44 bits per heavy atom. The van der Waals surface area contributed by atoms with E-state index >= 15 is 0 Å². The molecule has 1 N–H and O–H groups in total. The van der Waals surface area contributed by atoms with Crippen LogP contribution in [0.5, 0.6) is 0 Å². The van der Waals surface area contributed by atoms with E-state index in [2.05, 4.69) is 4.98 Å². The molecule has 0 bridgehead atoms. The number of rotatable bonds is 3. The van der Waals surface area contributed by atoms with Crippen molar-refractivity contribution in [1.29, 1.82) is 0 Å². The topological polar surface area (TPSA) is 50.2 Å².